The van der Waals surface area contributed by atoms with Crippen molar-refractivity contribution in [3.05, 3.63) is 182 Å². The molecule has 0 N–H and O–H groups in total. The predicted octanol–water partition coefficient (Wildman–Crippen LogP) is 13.1. The van der Waals surface area contributed by atoms with Crippen LogP contribution >= 0.6 is 0 Å². The molecule has 0 aliphatic rings. The van der Waals surface area contributed by atoms with Gasteiger partial charge in [0, 0.05) is 38.0 Å². The minimum Gasteiger partial charge on any atom is -0.454 e. The Kier molecular flexibility index (Phi) is 5.96. The van der Waals surface area contributed by atoms with E-state index in [0.717, 1.165) is 44.3 Å². The Hall–Kier alpha value is -6.84. The van der Waals surface area contributed by atoms with Gasteiger partial charge in [0.2, 0.25) is 0 Å². The molecular weight excluding hydrogens is 621 g/mol. The van der Waals surface area contributed by atoms with Crippen LogP contribution in [0.5, 0.6) is 0 Å². The van der Waals surface area contributed by atoms with Crippen molar-refractivity contribution in [3.63, 3.8) is 0 Å². The molecule has 0 atom stereocenters. The SMILES string of the molecule is c1ccc(-c2ccc3c4cc(-c5ccc6c(c5)c5ccccc5n6-c5cccc6c5oc5ccccc56)ccc4n(-c4ccccc4)c3c2)cc1. The third kappa shape index (κ3) is 4.19. The summed E-state index contributed by atoms with van der Waals surface area (Å²) >= 11 is 0. The molecule has 0 aliphatic carbocycles. The summed E-state index contributed by atoms with van der Waals surface area (Å²) in [6, 6.07) is 65.5. The van der Waals surface area contributed by atoms with Crippen molar-refractivity contribution in [2.45, 2.75) is 0 Å². The molecular formula is C48H30N2O. The molecule has 3 nitrogen and oxygen atoms in total. The lowest BCUT2D eigenvalue weighted by atomic mass is 9.99. The Morgan fingerprint density at radius 3 is 1.67 bits per heavy atom. The van der Waals surface area contributed by atoms with Crippen LogP contribution in [0.4, 0.5) is 0 Å². The standard InChI is InChI=1S/C48H30N2O/c1-3-12-31(13-4-1)34-22-25-37-41-29-32(23-26-43(41)49(46(37)30-34)35-14-5-2-6-15-35)33-24-27-44-40(28-33)36-16-7-9-19-42(36)50(44)45-20-11-18-39-38-17-8-10-21-47(38)51-48(39)45/h1-30H. The van der Waals surface area contributed by atoms with Gasteiger partial charge >= 0.3 is 0 Å². The highest BCUT2D eigenvalue weighted by Crippen LogP contribution is 2.41. The molecule has 51 heavy (non-hydrogen) atoms. The van der Waals surface area contributed by atoms with Crippen molar-refractivity contribution in [1.29, 1.82) is 0 Å². The van der Waals surface area contributed by atoms with E-state index >= 15 is 0 Å². The average molecular weight is 651 g/mol. The van der Waals surface area contributed by atoms with Crippen molar-refractivity contribution in [2.75, 3.05) is 0 Å². The lowest BCUT2D eigenvalue weighted by Gasteiger charge is -2.10. The van der Waals surface area contributed by atoms with Crippen LogP contribution < -0.4 is 0 Å². The van der Waals surface area contributed by atoms with Gasteiger partial charge in [-0.25, -0.2) is 0 Å². The van der Waals surface area contributed by atoms with Crippen molar-refractivity contribution in [3.8, 4) is 33.6 Å². The molecule has 0 saturated heterocycles. The van der Waals surface area contributed by atoms with Crippen LogP contribution in [0.25, 0.3) is 99.2 Å². The van der Waals surface area contributed by atoms with E-state index in [-0.39, 0.29) is 0 Å². The van der Waals surface area contributed by atoms with E-state index in [1.54, 1.807) is 0 Å². The predicted molar refractivity (Wildman–Crippen MR) is 213 cm³/mol. The Labute approximate surface area is 293 Å². The summed E-state index contributed by atoms with van der Waals surface area (Å²) in [5.41, 5.74) is 13.5. The molecule has 0 saturated carbocycles. The van der Waals surface area contributed by atoms with Gasteiger partial charge < -0.3 is 13.6 Å². The smallest absolute Gasteiger partial charge is 0.159 e. The third-order valence-electron chi connectivity index (χ3n) is 10.5. The Morgan fingerprint density at radius 1 is 0.314 bits per heavy atom. The Bertz CT molecular complexity index is 3130. The molecule has 0 fully saturated rings. The fourth-order valence-electron chi connectivity index (χ4n) is 8.19. The number of nitrogens with zero attached hydrogens (tertiary/aromatic N) is 2. The quantitative estimate of drug-likeness (QED) is 0.186. The normalized spacial score (nSPS) is 11.9. The number of rotatable bonds is 4. The lowest BCUT2D eigenvalue weighted by molar-refractivity contribution is 0.666. The van der Waals surface area contributed by atoms with Gasteiger partial charge in [0.15, 0.2) is 5.58 Å². The van der Waals surface area contributed by atoms with Gasteiger partial charge in [-0.3, -0.25) is 0 Å². The summed E-state index contributed by atoms with van der Waals surface area (Å²) < 4.78 is 11.3. The maximum Gasteiger partial charge on any atom is 0.159 e. The first-order chi connectivity index (χ1) is 25.3. The lowest BCUT2D eigenvalue weighted by Crippen LogP contribution is -1.94. The number of hydrogen-bond acceptors (Lipinski definition) is 1. The Morgan fingerprint density at radius 2 is 0.882 bits per heavy atom. The molecule has 3 heteroatoms. The molecule has 0 spiro atoms. The summed E-state index contributed by atoms with van der Waals surface area (Å²) in [5, 5.41) is 7.19. The van der Waals surface area contributed by atoms with Gasteiger partial charge in [0.25, 0.3) is 0 Å². The van der Waals surface area contributed by atoms with Gasteiger partial charge in [-0.15, -0.1) is 0 Å². The number of furan rings is 1. The first-order valence-electron chi connectivity index (χ1n) is 17.4. The number of aromatic nitrogens is 2. The molecule has 11 rings (SSSR count). The summed E-state index contributed by atoms with van der Waals surface area (Å²) in [7, 11) is 0. The van der Waals surface area contributed by atoms with E-state index in [9.17, 15) is 0 Å². The summed E-state index contributed by atoms with van der Waals surface area (Å²) in [5.74, 6) is 0. The summed E-state index contributed by atoms with van der Waals surface area (Å²) in [4.78, 5) is 0. The highest BCUT2D eigenvalue weighted by atomic mass is 16.3. The molecule has 3 aromatic heterocycles. The van der Waals surface area contributed by atoms with E-state index in [2.05, 4.69) is 179 Å². The fourth-order valence-corrected chi connectivity index (χ4v) is 8.19. The van der Waals surface area contributed by atoms with Crippen molar-refractivity contribution in [2.24, 2.45) is 0 Å². The van der Waals surface area contributed by atoms with Crippen LogP contribution in [0, 0.1) is 0 Å². The van der Waals surface area contributed by atoms with Gasteiger partial charge in [-0.05, 0) is 82.9 Å². The molecule has 0 unspecified atom stereocenters. The second kappa shape index (κ2) is 10.8. The molecule has 238 valence electrons. The van der Waals surface area contributed by atoms with E-state index in [1.807, 2.05) is 12.1 Å². The minimum absolute atomic E-state index is 0.904. The molecule has 3 heterocycles. The van der Waals surface area contributed by atoms with Crippen LogP contribution in [0.2, 0.25) is 0 Å². The van der Waals surface area contributed by atoms with E-state index in [0.29, 0.717) is 0 Å². The van der Waals surface area contributed by atoms with E-state index in [4.69, 9.17) is 4.42 Å². The molecule has 8 aromatic carbocycles. The zero-order valence-electron chi connectivity index (χ0n) is 27.6. The highest BCUT2D eigenvalue weighted by Gasteiger charge is 2.19. The minimum atomic E-state index is 0.904. The first kappa shape index (κ1) is 28.0. The van der Waals surface area contributed by atoms with Crippen LogP contribution in [-0.4, -0.2) is 9.13 Å². The van der Waals surface area contributed by atoms with Crippen LogP contribution in [0.1, 0.15) is 0 Å². The monoisotopic (exact) mass is 650 g/mol. The first-order valence-corrected chi connectivity index (χ1v) is 17.4. The largest absolute Gasteiger partial charge is 0.454 e. The van der Waals surface area contributed by atoms with Gasteiger partial charge in [0.1, 0.15) is 5.58 Å². The Balaban J connectivity index is 1.12. The third-order valence-corrected chi connectivity index (χ3v) is 10.5. The van der Waals surface area contributed by atoms with Crippen LogP contribution in [0.3, 0.4) is 0 Å². The average Bonchev–Trinajstić information content (AvgIpc) is 3.85. The number of benzene rings is 8. The topological polar surface area (TPSA) is 23.0 Å². The van der Waals surface area contributed by atoms with Gasteiger partial charge in [-0.2, -0.15) is 0 Å². The van der Waals surface area contributed by atoms with E-state index in [1.165, 1.54) is 54.8 Å². The van der Waals surface area contributed by atoms with E-state index < -0.39 is 0 Å². The summed E-state index contributed by atoms with van der Waals surface area (Å²) in [6.45, 7) is 0. The zero-order chi connectivity index (χ0) is 33.5. The van der Waals surface area contributed by atoms with Crippen LogP contribution in [-0.2, 0) is 0 Å². The van der Waals surface area contributed by atoms with Gasteiger partial charge in [-0.1, -0.05) is 121 Å². The molecule has 0 amide bonds. The number of fused-ring (bicyclic) bond motifs is 9. The molecule has 11 aromatic rings. The van der Waals surface area contributed by atoms with Crippen molar-refractivity contribution < 1.29 is 4.42 Å². The highest BCUT2D eigenvalue weighted by molar-refractivity contribution is 6.14. The van der Waals surface area contributed by atoms with Gasteiger partial charge in [0.05, 0.1) is 27.8 Å². The summed E-state index contributed by atoms with van der Waals surface area (Å²) in [6.07, 6.45) is 0. The fraction of sp³-hybridized carbons (Fsp3) is 0. The molecule has 0 radical (unpaired) electrons. The molecule has 0 aliphatic heterocycles. The second-order valence-electron chi connectivity index (χ2n) is 13.3. The maximum atomic E-state index is 6.52. The number of para-hydroxylation sites is 4. The van der Waals surface area contributed by atoms with Crippen molar-refractivity contribution in [1.82, 2.24) is 9.13 Å². The zero-order valence-corrected chi connectivity index (χ0v) is 27.6. The second-order valence-corrected chi connectivity index (χ2v) is 13.3. The molecule has 0 bridgehead atoms. The maximum absolute atomic E-state index is 6.52. The number of hydrogen-bond donors (Lipinski definition) is 0. The van der Waals surface area contributed by atoms with Crippen LogP contribution in [0.15, 0.2) is 186 Å². The van der Waals surface area contributed by atoms with Crippen molar-refractivity contribution >= 4 is 65.6 Å².